The molecule has 86 valence electrons. The zero-order valence-electron chi connectivity index (χ0n) is 9.25. The Morgan fingerprint density at radius 2 is 2.25 bits per heavy atom. The van der Waals surface area contributed by atoms with Crippen molar-refractivity contribution in [3.05, 3.63) is 11.1 Å². The highest BCUT2D eigenvalue weighted by molar-refractivity contribution is 5.89. The number of allylic oxidation sites excluding steroid dienone is 1. The zero-order chi connectivity index (χ0) is 11.3. The van der Waals surface area contributed by atoms with Crippen molar-refractivity contribution in [1.82, 2.24) is 0 Å². The minimum Gasteiger partial charge on any atom is -0.468 e. The van der Waals surface area contributed by atoms with Gasteiger partial charge in [0.15, 0.2) is 0 Å². The molecule has 3 aliphatic rings. The van der Waals surface area contributed by atoms with E-state index in [2.05, 4.69) is 0 Å². The van der Waals surface area contributed by atoms with E-state index in [1.165, 1.54) is 18.3 Å². The summed E-state index contributed by atoms with van der Waals surface area (Å²) in [5.74, 6) is -0.563. The Morgan fingerprint density at radius 1 is 1.44 bits per heavy atom. The number of rotatable bonds is 1. The zero-order valence-corrected chi connectivity index (χ0v) is 9.25. The first-order chi connectivity index (χ1) is 7.67. The summed E-state index contributed by atoms with van der Waals surface area (Å²) in [6.07, 6.45) is 3.64. The molecule has 1 fully saturated rings. The molecular weight excluding hydrogens is 208 g/mol. The molecule has 2 unspecified atom stereocenters. The van der Waals surface area contributed by atoms with E-state index in [9.17, 15) is 9.59 Å². The van der Waals surface area contributed by atoms with Gasteiger partial charge in [0, 0.05) is 0 Å². The lowest BCUT2D eigenvalue weighted by Crippen LogP contribution is -2.37. The number of esters is 2. The van der Waals surface area contributed by atoms with Gasteiger partial charge in [-0.15, -0.1) is 0 Å². The van der Waals surface area contributed by atoms with Crippen molar-refractivity contribution in [2.45, 2.75) is 38.2 Å². The molecule has 1 saturated heterocycles. The average molecular weight is 222 g/mol. The average Bonchev–Trinajstić information content (AvgIpc) is 2.86. The summed E-state index contributed by atoms with van der Waals surface area (Å²) in [5, 5.41) is 0. The molecular formula is C12H14O4. The summed E-state index contributed by atoms with van der Waals surface area (Å²) in [5.41, 5.74) is 1.79. The van der Waals surface area contributed by atoms with Gasteiger partial charge in [0.25, 0.3) is 0 Å². The molecule has 16 heavy (non-hydrogen) atoms. The van der Waals surface area contributed by atoms with E-state index < -0.39 is 5.41 Å². The smallest absolute Gasteiger partial charge is 0.316 e. The second-order valence-electron chi connectivity index (χ2n) is 4.85. The van der Waals surface area contributed by atoms with Crippen LogP contribution < -0.4 is 0 Å². The van der Waals surface area contributed by atoms with Crippen LogP contribution in [0.1, 0.15) is 32.1 Å². The molecule has 2 aliphatic carbocycles. The lowest BCUT2D eigenvalue weighted by atomic mass is 9.79. The van der Waals surface area contributed by atoms with Gasteiger partial charge >= 0.3 is 11.9 Å². The molecule has 1 heterocycles. The van der Waals surface area contributed by atoms with E-state index in [4.69, 9.17) is 9.47 Å². The number of carbonyl (C=O) groups is 2. The van der Waals surface area contributed by atoms with E-state index in [0.717, 1.165) is 19.3 Å². The maximum absolute atomic E-state index is 11.9. The number of hydrogen-bond acceptors (Lipinski definition) is 4. The number of methoxy groups -OCH3 is 1. The Bertz CT molecular complexity index is 409. The first kappa shape index (κ1) is 9.87. The Labute approximate surface area is 93.6 Å². The summed E-state index contributed by atoms with van der Waals surface area (Å²) >= 11 is 0. The molecule has 0 N–H and O–H groups in total. The number of carbonyl (C=O) groups excluding carboxylic acids is 2. The van der Waals surface area contributed by atoms with E-state index in [1.807, 2.05) is 0 Å². The van der Waals surface area contributed by atoms with Gasteiger partial charge in [-0.1, -0.05) is 5.57 Å². The first-order valence-corrected chi connectivity index (χ1v) is 5.66. The van der Waals surface area contributed by atoms with Crippen LogP contribution in [0.15, 0.2) is 11.1 Å². The van der Waals surface area contributed by atoms with Crippen molar-refractivity contribution in [1.29, 1.82) is 0 Å². The van der Waals surface area contributed by atoms with Crippen molar-refractivity contribution in [3.8, 4) is 0 Å². The molecule has 0 bridgehead atoms. The lowest BCUT2D eigenvalue weighted by molar-refractivity contribution is -0.154. The van der Waals surface area contributed by atoms with Crippen molar-refractivity contribution >= 4 is 11.9 Å². The third-order valence-corrected chi connectivity index (χ3v) is 4.03. The lowest BCUT2D eigenvalue weighted by Gasteiger charge is -2.25. The molecule has 0 aromatic carbocycles. The third-order valence-electron chi connectivity index (χ3n) is 4.03. The molecule has 0 aromatic rings. The van der Waals surface area contributed by atoms with Gasteiger partial charge in [0.05, 0.1) is 13.5 Å². The van der Waals surface area contributed by atoms with Crippen molar-refractivity contribution in [2.24, 2.45) is 5.41 Å². The Kier molecular flexibility index (Phi) is 1.91. The number of fused-ring (bicyclic) bond motifs is 2. The van der Waals surface area contributed by atoms with Gasteiger partial charge in [-0.2, -0.15) is 0 Å². The largest absolute Gasteiger partial charge is 0.468 e. The highest BCUT2D eigenvalue weighted by Gasteiger charge is 2.61. The maximum Gasteiger partial charge on any atom is 0.316 e. The molecule has 2 atom stereocenters. The Balaban J connectivity index is 2.00. The molecule has 0 radical (unpaired) electrons. The van der Waals surface area contributed by atoms with Gasteiger partial charge in [-0.25, -0.2) is 0 Å². The highest BCUT2D eigenvalue weighted by Crippen LogP contribution is 2.55. The van der Waals surface area contributed by atoms with Gasteiger partial charge in [-0.05, 0) is 31.3 Å². The standard InChI is InChI=1S/C12H14O4/c1-15-11(14)12-5-7-3-2-4-8(7)10(12)16-9(13)6-12/h10H,2-6H2,1H3. The summed E-state index contributed by atoms with van der Waals surface area (Å²) in [6.45, 7) is 0. The fourth-order valence-corrected chi connectivity index (χ4v) is 3.38. The van der Waals surface area contributed by atoms with Crippen LogP contribution in [0.2, 0.25) is 0 Å². The van der Waals surface area contributed by atoms with Crippen molar-refractivity contribution < 1.29 is 19.1 Å². The minimum absolute atomic E-state index is 0.178. The fraction of sp³-hybridized carbons (Fsp3) is 0.667. The topological polar surface area (TPSA) is 52.6 Å². The van der Waals surface area contributed by atoms with Gasteiger partial charge < -0.3 is 9.47 Å². The third kappa shape index (κ3) is 1.05. The van der Waals surface area contributed by atoms with E-state index in [0.29, 0.717) is 6.42 Å². The van der Waals surface area contributed by atoms with Gasteiger partial charge in [-0.3, -0.25) is 9.59 Å². The highest BCUT2D eigenvalue weighted by atomic mass is 16.6. The molecule has 4 heteroatoms. The van der Waals surface area contributed by atoms with E-state index >= 15 is 0 Å². The second-order valence-corrected chi connectivity index (χ2v) is 4.85. The van der Waals surface area contributed by atoms with Crippen LogP contribution in [-0.4, -0.2) is 25.2 Å². The van der Waals surface area contributed by atoms with E-state index in [-0.39, 0.29) is 24.5 Å². The molecule has 1 aliphatic heterocycles. The van der Waals surface area contributed by atoms with Gasteiger partial charge in [0.2, 0.25) is 0 Å². The van der Waals surface area contributed by atoms with Crippen LogP contribution in [0.4, 0.5) is 0 Å². The van der Waals surface area contributed by atoms with Crippen LogP contribution >= 0.6 is 0 Å². The van der Waals surface area contributed by atoms with Crippen LogP contribution in [-0.2, 0) is 19.1 Å². The molecule has 0 spiro atoms. The quantitative estimate of drug-likeness (QED) is 0.496. The monoisotopic (exact) mass is 222 g/mol. The Morgan fingerprint density at radius 3 is 3.00 bits per heavy atom. The molecule has 0 amide bonds. The van der Waals surface area contributed by atoms with E-state index in [1.54, 1.807) is 0 Å². The fourth-order valence-electron chi connectivity index (χ4n) is 3.38. The van der Waals surface area contributed by atoms with Crippen LogP contribution in [0.5, 0.6) is 0 Å². The maximum atomic E-state index is 11.9. The van der Waals surface area contributed by atoms with Gasteiger partial charge in [0.1, 0.15) is 11.5 Å². The SMILES string of the molecule is COC(=O)C12CC(=O)OC1C1=C(CCC1)C2. The van der Waals surface area contributed by atoms with Crippen LogP contribution in [0, 0.1) is 5.41 Å². The first-order valence-electron chi connectivity index (χ1n) is 5.66. The Hall–Kier alpha value is -1.32. The second kappa shape index (κ2) is 3.09. The summed E-state index contributed by atoms with van der Waals surface area (Å²) in [7, 11) is 1.38. The predicted molar refractivity (Wildman–Crippen MR) is 54.4 cm³/mol. The number of ether oxygens (including phenoxy) is 2. The number of hydrogen-bond donors (Lipinski definition) is 0. The minimum atomic E-state index is -0.725. The molecule has 4 nitrogen and oxygen atoms in total. The predicted octanol–water partition coefficient (Wildman–Crippen LogP) is 1.35. The van der Waals surface area contributed by atoms with Crippen LogP contribution in [0.25, 0.3) is 0 Å². The normalized spacial score (nSPS) is 36.1. The van der Waals surface area contributed by atoms with Crippen molar-refractivity contribution in [2.75, 3.05) is 7.11 Å². The summed E-state index contributed by atoms with van der Waals surface area (Å²) < 4.78 is 10.2. The van der Waals surface area contributed by atoms with Crippen LogP contribution in [0.3, 0.4) is 0 Å². The molecule has 3 rings (SSSR count). The molecule has 0 saturated carbocycles. The molecule has 0 aromatic heterocycles. The summed E-state index contributed by atoms with van der Waals surface area (Å²) in [6, 6.07) is 0. The summed E-state index contributed by atoms with van der Waals surface area (Å²) in [4.78, 5) is 23.3. The van der Waals surface area contributed by atoms with Crippen molar-refractivity contribution in [3.63, 3.8) is 0 Å².